The van der Waals surface area contributed by atoms with Crippen LogP contribution in [0.25, 0.3) is 0 Å². The maximum atomic E-state index is 11.5. The fraction of sp³-hybridized carbons (Fsp3) is 0.929. The molecule has 0 bridgehead atoms. The Hall–Kier alpha value is -0.410. The van der Waals surface area contributed by atoms with Crippen LogP contribution in [0.1, 0.15) is 39.5 Å². The Kier molecular flexibility index (Phi) is 6.14. The predicted octanol–water partition coefficient (Wildman–Crippen LogP) is 2.02. The molecule has 0 N–H and O–H groups in total. The maximum Gasteiger partial charge on any atom is 0.135 e. The number of hydrogen-bond acceptors (Lipinski definition) is 3. The molecule has 0 radical (unpaired) electrons. The molecule has 0 spiro atoms. The third-order valence-electron chi connectivity index (χ3n) is 3.75. The van der Waals surface area contributed by atoms with Gasteiger partial charge in [-0.25, -0.2) is 0 Å². The monoisotopic (exact) mass is 240 g/mol. The zero-order valence-electron chi connectivity index (χ0n) is 11.9. The number of likely N-dealkylation sites (N-methyl/N-ethyl adjacent to an activating group) is 1. The summed E-state index contributed by atoms with van der Waals surface area (Å²) in [5.41, 5.74) is 0. The summed E-state index contributed by atoms with van der Waals surface area (Å²) in [7, 11) is 4.33. The molecule has 1 atom stereocenters. The maximum absolute atomic E-state index is 11.5. The molecule has 17 heavy (non-hydrogen) atoms. The Morgan fingerprint density at radius 2 is 2.12 bits per heavy atom. The van der Waals surface area contributed by atoms with Crippen LogP contribution >= 0.6 is 0 Å². The molecule has 0 amide bonds. The van der Waals surface area contributed by atoms with Gasteiger partial charge in [-0.1, -0.05) is 13.8 Å². The highest BCUT2D eigenvalue weighted by molar-refractivity contribution is 5.80. The molecule has 100 valence electrons. The van der Waals surface area contributed by atoms with Crippen molar-refractivity contribution in [2.75, 3.05) is 33.7 Å². The number of ketones is 1. The van der Waals surface area contributed by atoms with E-state index < -0.39 is 0 Å². The van der Waals surface area contributed by atoms with Crippen LogP contribution in [0.4, 0.5) is 0 Å². The summed E-state index contributed by atoms with van der Waals surface area (Å²) in [6.07, 6.45) is 4.38. The zero-order chi connectivity index (χ0) is 12.8. The van der Waals surface area contributed by atoms with Crippen molar-refractivity contribution < 1.29 is 4.79 Å². The molecule has 0 aliphatic carbocycles. The van der Waals surface area contributed by atoms with Crippen LogP contribution in [0.2, 0.25) is 0 Å². The second-order valence-corrected chi connectivity index (χ2v) is 5.78. The van der Waals surface area contributed by atoms with Crippen molar-refractivity contribution in [1.29, 1.82) is 0 Å². The van der Waals surface area contributed by atoms with Gasteiger partial charge in [0.05, 0.1) is 0 Å². The third-order valence-corrected chi connectivity index (χ3v) is 3.75. The fourth-order valence-corrected chi connectivity index (χ4v) is 2.42. The van der Waals surface area contributed by atoms with Gasteiger partial charge in [-0.05, 0) is 46.4 Å². The van der Waals surface area contributed by atoms with Crippen LogP contribution in [0.15, 0.2) is 0 Å². The molecule has 1 unspecified atom stereocenters. The van der Waals surface area contributed by atoms with E-state index in [0.29, 0.717) is 11.8 Å². The van der Waals surface area contributed by atoms with Gasteiger partial charge in [-0.2, -0.15) is 0 Å². The summed E-state index contributed by atoms with van der Waals surface area (Å²) in [6.45, 7) is 7.45. The van der Waals surface area contributed by atoms with E-state index in [1.807, 2.05) is 13.8 Å². The standard InChI is InChI=1S/C14H28N2O/c1-12(2)14(17)8-6-10-16-9-5-7-13(11-16)15(3)4/h12-13H,5-11H2,1-4H3. The number of carbonyl (C=O) groups excluding carboxylic acids is 1. The second kappa shape index (κ2) is 7.12. The van der Waals surface area contributed by atoms with Crippen molar-refractivity contribution in [3.05, 3.63) is 0 Å². The van der Waals surface area contributed by atoms with Crippen molar-refractivity contribution >= 4 is 5.78 Å². The Morgan fingerprint density at radius 3 is 2.71 bits per heavy atom. The molecule has 0 aromatic carbocycles. The van der Waals surface area contributed by atoms with Crippen molar-refractivity contribution in [2.45, 2.75) is 45.6 Å². The number of likely N-dealkylation sites (tertiary alicyclic amines) is 1. The number of rotatable bonds is 6. The Balaban J connectivity index is 2.21. The van der Waals surface area contributed by atoms with E-state index in [1.54, 1.807) is 0 Å². The van der Waals surface area contributed by atoms with Gasteiger partial charge in [0.1, 0.15) is 5.78 Å². The first-order valence-electron chi connectivity index (χ1n) is 6.92. The van der Waals surface area contributed by atoms with E-state index in [-0.39, 0.29) is 5.92 Å². The lowest BCUT2D eigenvalue weighted by atomic mass is 10.0. The van der Waals surface area contributed by atoms with E-state index in [1.165, 1.54) is 25.9 Å². The first-order valence-corrected chi connectivity index (χ1v) is 6.92. The topological polar surface area (TPSA) is 23.6 Å². The van der Waals surface area contributed by atoms with Crippen molar-refractivity contribution in [1.82, 2.24) is 9.80 Å². The quantitative estimate of drug-likeness (QED) is 0.709. The smallest absolute Gasteiger partial charge is 0.135 e. The Bertz CT molecular complexity index is 238. The third kappa shape index (κ3) is 5.17. The molecule has 0 aromatic heterocycles. The molecule has 3 nitrogen and oxygen atoms in total. The Morgan fingerprint density at radius 1 is 1.41 bits per heavy atom. The van der Waals surface area contributed by atoms with Crippen LogP contribution < -0.4 is 0 Å². The summed E-state index contributed by atoms with van der Waals surface area (Å²) in [5.74, 6) is 0.608. The van der Waals surface area contributed by atoms with Gasteiger partial charge >= 0.3 is 0 Å². The summed E-state index contributed by atoms with van der Waals surface area (Å²) in [6, 6.07) is 0.699. The molecular weight excluding hydrogens is 212 g/mol. The molecular formula is C14H28N2O. The molecule has 0 saturated carbocycles. The van der Waals surface area contributed by atoms with Crippen LogP contribution in [0.5, 0.6) is 0 Å². The van der Waals surface area contributed by atoms with E-state index >= 15 is 0 Å². The predicted molar refractivity (Wildman–Crippen MR) is 72.2 cm³/mol. The largest absolute Gasteiger partial charge is 0.305 e. The average molecular weight is 240 g/mol. The summed E-state index contributed by atoms with van der Waals surface area (Å²) < 4.78 is 0. The summed E-state index contributed by atoms with van der Waals surface area (Å²) in [5, 5.41) is 0. The fourth-order valence-electron chi connectivity index (χ4n) is 2.42. The number of carbonyl (C=O) groups is 1. The SMILES string of the molecule is CC(C)C(=O)CCCN1CCCC(N(C)C)C1. The van der Waals surface area contributed by atoms with E-state index in [4.69, 9.17) is 0 Å². The van der Waals surface area contributed by atoms with Crippen molar-refractivity contribution in [3.8, 4) is 0 Å². The average Bonchev–Trinajstić information content (AvgIpc) is 2.29. The normalized spacial score (nSPS) is 22.4. The number of Topliss-reactive ketones (excluding diaryl/α,β-unsaturated/α-hetero) is 1. The van der Waals surface area contributed by atoms with Crippen molar-refractivity contribution in [3.63, 3.8) is 0 Å². The van der Waals surface area contributed by atoms with E-state index in [2.05, 4.69) is 23.9 Å². The molecule has 0 aromatic rings. The first kappa shape index (κ1) is 14.7. The molecule has 1 saturated heterocycles. The molecule has 1 rings (SSSR count). The Labute approximate surface area is 106 Å². The van der Waals surface area contributed by atoms with Gasteiger partial charge in [0.25, 0.3) is 0 Å². The van der Waals surface area contributed by atoms with Gasteiger partial charge in [0.2, 0.25) is 0 Å². The van der Waals surface area contributed by atoms with Crippen molar-refractivity contribution in [2.24, 2.45) is 5.92 Å². The lowest BCUT2D eigenvalue weighted by molar-refractivity contribution is -0.122. The zero-order valence-corrected chi connectivity index (χ0v) is 11.9. The van der Waals surface area contributed by atoms with Crippen LogP contribution in [0.3, 0.4) is 0 Å². The van der Waals surface area contributed by atoms with Gasteiger partial charge in [0, 0.05) is 24.9 Å². The number of nitrogens with zero attached hydrogens (tertiary/aromatic N) is 2. The van der Waals surface area contributed by atoms with Gasteiger partial charge < -0.3 is 9.80 Å². The minimum Gasteiger partial charge on any atom is -0.305 e. The van der Waals surface area contributed by atoms with Crippen LogP contribution in [0, 0.1) is 5.92 Å². The highest BCUT2D eigenvalue weighted by Gasteiger charge is 2.21. The highest BCUT2D eigenvalue weighted by Crippen LogP contribution is 2.14. The lowest BCUT2D eigenvalue weighted by Crippen LogP contribution is -2.45. The van der Waals surface area contributed by atoms with Gasteiger partial charge in [-0.3, -0.25) is 4.79 Å². The molecule has 3 heteroatoms. The second-order valence-electron chi connectivity index (χ2n) is 5.78. The molecule has 1 heterocycles. The lowest BCUT2D eigenvalue weighted by Gasteiger charge is -2.36. The van der Waals surface area contributed by atoms with E-state index in [9.17, 15) is 4.79 Å². The van der Waals surface area contributed by atoms with E-state index in [0.717, 1.165) is 19.4 Å². The van der Waals surface area contributed by atoms with Crippen LogP contribution in [-0.4, -0.2) is 55.4 Å². The van der Waals surface area contributed by atoms with Gasteiger partial charge in [-0.15, -0.1) is 0 Å². The van der Waals surface area contributed by atoms with Gasteiger partial charge in [0.15, 0.2) is 0 Å². The highest BCUT2D eigenvalue weighted by atomic mass is 16.1. The first-order chi connectivity index (χ1) is 8.00. The summed E-state index contributed by atoms with van der Waals surface area (Å²) in [4.78, 5) is 16.4. The molecule has 1 aliphatic heterocycles. The molecule has 1 fully saturated rings. The summed E-state index contributed by atoms with van der Waals surface area (Å²) >= 11 is 0. The minimum absolute atomic E-state index is 0.200. The van der Waals surface area contributed by atoms with Crippen LogP contribution in [-0.2, 0) is 4.79 Å². The minimum atomic E-state index is 0.200. The number of piperidine rings is 1. The molecule has 1 aliphatic rings. The number of hydrogen-bond donors (Lipinski definition) is 0.